The molecule has 6 nitrogen and oxygen atoms in total. The van der Waals surface area contributed by atoms with Crippen LogP contribution in [0.25, 0.3) is 0 Å². The van der Waals surface area contributed by atoms with Crippen molar-refractivity contribution in [3.05, 3.63) is 45.4 Å². The van der Waals surface area contributed by atoms with Crippen molar-refractivity contribution in [3.63, 3.8) is 0 Å². The predicted molar refractivity (Wildman–Crippen MR) is 112 cm³/mol. The Bertz CT molecular complexity index is 902. The molecule has 0 fully saturated rings. The Kier molecular flexibility index (Phi) is 7.38. The Morgan fingerprint density at radius 3 is 2.56 bits per heavy atom. The Balaban J connectivity index is 1.90. The number of nitrogens with one attached hydrogen (secondary N) is 2. The maximum atomic E-state index is 11.7. The number of sulfone groups is 1. The lowest BCUT2D eigenvalue weighted by Gasteiger charge is -2.12. The molecule has 0 amide bonds. The van der Waals surface area contributed by atoms with Crippen molar-refractivity contribution in [2.24, 2.45) is 10.9 Å². The number of guanidine groups is 1. The van der Waals surface area contributed by atoms with E-state index in [4.69, 9.17) is 0 Å². The molecule has 148 valence electrons. The summed E-state index contributed by atoms with van der Waals surface area (Å²) in [5, 5.41) is 7.70. The molecule has 1 heterocycles. The molecule has 0 radical (unpaired) electrons. The molecule has 2 N–H and O–H groups in total. The van der Waals surface area contributed by atoms with Crippen LogP contribution >= 0.6 is 11.3 Å². The molecule has 0 saturated heterocycles. The van der Waals surface area contributed by atoms with Crippen molar-refractivity contribution in [3.8, 4) is 0 Å². The second kappa shape index (κ2) is 9.32. The van der Waals surface area contributed by atoms with Gasteiger partial charge < -0.3 is 10.6 Å². The number of hydrogen-bond acceptors (Lipinski definition) is 5. The maximum Gasteiger partial charge on any atom is 0.191 e. The average Bonchev–Trinajstić information content (AvgIpc) is 3.00. The van der Waals surface area contributed by atoms with Crippen LogP contribution in [0.4, 0.5) is 0 Å². The Morgan fingerprint density at radius 1 is 1.26 bits per heavy atom. The zero-order valence-electron chi connectivity index (χ0n) is 16.5. The summed E-state index contributed by atoms with van der Waals surface area (Å²) in [6.45, 7) is 7.42. The second-order valence-electron chi connectivity index (χ2n) is 6.97. The molecule has 1 aromatic heterocycles. The molecule has 0 saturated carbocycles. The highest BCUT2D eigenvalue weighted by molar-refractivity contribution is 7.90. The van der Waals surface area contributed by atoms with Crippen LogP contribution in [0.3, 0.4) is 0 Å². The van der Waals surface area contributed by atoms with E-state index in [1.807, 2.05) is 25.3 Å². The quantitative estimate of drug-likeness (QED) is 0.544. The fourth-order valence-corrected chi connectivity index (χ4v) is 4.72. The number of benzene rings is 1. The van der Waals surface area contributed by atoms with E-state index in [0.717, 1.165) is 22.6 Å². The van der Waals surface area contributed by atoms with Gasteiger partial charge in [0.05, 0.1) is 16.4 Å². The van der Waals surface area contributed by atoms with Gasteiger partial charge in [0.2, 0.25) is 0 Å². The number of hydrogen-bond donors (Lipinski definition) is 2. The molecular formula is C19H28N4O2S2. The number of aromatic nitrogens is 1. The van der Waals surface area contributed by atoms with Crippen LogP contribution in [0.15, 0.2) is 34.3 Å². The third-order valence-electron chi connectivity index (χ3n) is 3.94. The second-order valence-corrected chi connectivity index (χ2v) is 10.2. The van der Waals surface area contributed by atoms with Crippen molar-refractivity contribution in [1.29, 1.82) is 0 Å². The van der Waals surface area contributed by atoms with Crippen LogP contribution in [-0.2, 0) is 29.3 Å². The largest absolute Gasteiger partial charge is 0.352 e. The molecule has 0 atom stereocenters. The third-order valence-corrected chi connectivity index (χ3v) is 6.21. The van der Waals surface area contributed by atoms with Gasteiger partial charge in [0, 0.05) is 37.3 Å². The minimum atomic E-state index is -3.19. The zero-order chi connectivity index (χ0) is 20.0. The van der Waals surface area contributed by atoms with E-state index in [1.54, 1.807) is 24.5 Å². The van der Waals surface area contributed by atoms with Crippen LogP contribution in [-0.4, -0.2) is 32.7 Å². The molecule has 0 unspecified atom stereocenters. The monoisotopic (exact) mass is 408 g/mol. The maximum absolute atomic E-state index is 11.7. The van der Waals surface area contributed by atoms with Gasteiger partial charge in [-0.1, -0.05) is 26.0 Å². The molecule has 0 aliphatic carbocycles. The Morgan fingerprint density at radius 2 is 1.96 bits per heavy atom. The Labute approximate surface area is 166 Å². The van der Waals surface area contributed by atoms with Gasteiger partial charge in [-0.15, -0.1) is 11.3 Å². The SMILES string of the molecule is CN=C(NCc1ccc(S(C)(=O)=O)c(C)c1)NCc1cnc(CC(C)C)s1. The zero-order valence-corrected chi connectivity index (χ0v) is 18.2. The molecule has 2 aromatic rings. The van der Waals surface area contributed by atoms with E-state index < -0.39 is 9.84 Å². The first-order valence-corrected chi connectivity index (χ1v) is 11.6. The highest BCUT2D eigenvalue weighted by Gasteiger charge is 2.11. The van der Waals surface area contributed by atoms with E-state index in [1.165, 1.54) is 11.1 Å². The van der Waals surface area contributed by atoms with Gasteiger partial charge >= 0.3 is 0 Å². The number of rotatable bonds is 7. The summed E-state index contributed by atoms with van der Waals surface area (Å²) in [6.07, 6.45) is 4.14. The lowest BCUT2D eigenvalue weighted by molar-refractivity contribution is 0.601. The van der Waals surface area contributed by atoms with E-state index in [2.05, 4.69) is 34.5 Å². The van der Waals surface area contributed by atoms with Gasteiger partial charge in [0.25, 0.3) is 0 Å². The lowest BCUT2D eigenvalue weighted by atomic mass is 10.1. The topological polar surface area (TPSA) is 83.5 Å². The van der Waals surface area contributed by atoms with Crippen LogP contribution < -0.4 is 10.6 Å². The van der Waals surface area contributed by atoms with Crippen LogP contribution in [0.5, 0.6) is 0 Å². The van der Waals surface area contributed by atoms with E-state index >= 15 is 0 Å². The van der Waals surface area contributed by atoms with Crippen LogP contribution in [0, 0.1) is 12.8 Å². The van der Waals surface area contributed by atoms with Crippen molar-refractivity contribution in [1.82, 2.24) is 15.6 Å². The van der Waals surface area contributed by atoms with Gasteiger partial charge in [0.1, 0.15) is 0 Å². The average molecular weight is 409 g/mol. The van der Waals surface area contributed by atoms with Crippen LogP contribution in [0.1, 0.15) is 34.9 Å². The number of thiazole rings is 1. The standard InChI is InChI=1S/C19H28N4O2S2/c1-13(2)8-18-21-11-16(26-18)12-23-19(20-4)22-10-15-6-7-17(14(3)9-15)27(5,24)25/h6-7,9,11,13H,8,10,12H2,1-5H3,(H2,20,22,23). The highest BCUT2D eigenvalue weighted by Crippen LogP contribution is 2.17. The van der Waals surface area contributed by atoms with Gasteiger partial charge in [-0.25, -0.2) is 13.4 Å². The number of aryl methyl sites for hydroxylation is 1. The molecule has 2 rings (SSSR count). The first kappa shape index (κ1) is 21.4. The summed E-state index contributed by atoms with van der Waals surface area (Å²) in [4.78, 5) is 10.2. The number of aliphatic imine (C=N–C) groups is 1. The first-order valence-electron chi connectivity index (χ1n) is 8.86. The smallest absolute Gasteiger partial charge is 0.191 e. The summed E-state index contributed by atoms with van der Waals surface area (Å²) in [5.41, 5.74) is 1.75. The van der Waals surface area contributed by atoms with E-state index in [-0.39, 0.29) is 0 Å². The normalized spacial score (nSPS) is 12.4. The van der Waals surface area contributed by atoms with Gasteiger partial charge in [-0.2, -0.15) is 0 Å². The first-order chi connectivity index (χ1) is 12.7. The summed E-state index contributed by atoms with van der Waals surface area (Å²) < 4.78 is 23.4. The minimum absolute atomic E-state index is 0.371. The summed E-state index contributed by atoms with van der Waals surface area (Å²) in [6, 6.07) is 5.37. The summed E-state index contributed by atoms with van der Waals surface area (Å²) in [7, 11) is -1.47. The molecule has 0 bridgehead atoms. The fourth-order valence-electron chi connectivity index (χ4n) is 2.69. The van der Waals surface area contributed by atoms with Gasteiger partial charge in [-0.3, -0.25) is 4.99 Å². The minimum Gasteiger partial charge on any atom is -0.352 e. The highest BCUT2D eigenvalue weighted by atomic mass is 32.2. The molecular weight excluding hydrogens is 380 g/mol. The molecule has 0 aliphatic heterocycles. The van der Waals surface area contributed by atoms with Gasteiger partial charge in [0.15, 0.2) is 15.8 Å². The molecule has 27 heavy (non-hydrogen) atoms. The van der Waals surface area contributed by atoms with Crippen molar-refractivity contribution in [2.75, 3.05) is 13.3 Å². The van der Waals surface area contributed by atoms with E-state index in [9.17, 15) is 8.42 Å². The summed E-state index contributed by atoms with van der Waals surface area (Å²) in [5.74, 6) is 1.29. The molecule has 0 spiro atoms. The third kappa shape index (κ3) is 6.62. The van der Waals surface area contributed by atoms with E-state index in [0.29, 0.717) is 29.9 Å². The summed E-state index contributed by atoms with van der Waals surface area (Å²) >= 11 is 1.72. The predicted octanol–water partition coefficient (Wildman–Crippen LogP) is 2.92. The Hall–Kier alpha value is -1.93. The number of nitrogens with zero attached hydrogens (tertiary/aromatic N) is 2. The lowest BCUT2D eigenvalue weighted by Crippen LogP contribution is -2.36. The fraction of sp³-hybridized carbons (Fsp3) is 0.474. The van der Waals surface area contributed by atoms with Crippen molar-refractivity contribution < 1.29 is 8.42 Å². The van der Waals surface area contributed by atoms with Gasteiger partial charge in [-0.05, 0) is 30.0 Å². The molecule has 8 heteroatoms. The van der Waals surface area contributed by atoms with Crippen LogP contribution in [0.2, 0.25) is 0 Å². The van der Waals surface area contributed by atoms with Crippen molar-refractivity contribution in [2.45, 2.75) is 45.2 Å². The van der Waals surface area contributed by atoms with Crippen molar-refractivity contribution >= 4 is 27.1 Å². The molecule has 0 aliphatic rings. The molecule has 1 aromatic carbocycles.